The molecule has 0 N–H and O–H groups in total. The molecule has 6 nitrogen and oxygen atoms in total. The second-order valence-electron chi connectivity index (χ2n) is 14.0. The first-order valence-electron chi connectivity index (χ1n) is 22.1. The molecule has 6 heteroatoms. The standard InChI is InChI=1S/C51H78O6/c1-4-7-10-13-16-19-21-23-24-25-26-27-28-30-32-35-38-41-44-50(53)56-47-48(46-55-49(52)43-40-37-34-31-18-15-12-9-6-3)57-51(54)45-42-39-36-33-29-22-20-17-14-11-8-5-2/h8-13,16-21,23-27,31,37,40,48H,4-7,14-15,22,28-30,32-36,38-39,41-47H2,1-3H3/b11-8-,12-9-,13-10-,19-16-,20-17-,23-21-,25-24-,27-26-,31-18-,40-37-. The van der Waals surface area contributed by atoms with E-state index in [2.05, 4.69) is 93.7 Å². The fourth-order valence-corrected chi connectivity index (χ4v) is 5.33. The van der Waals surface area contributed by atoms with Gasteiger partial charge >= 0.3 is 17.9 Å². The van der Waals surface area contributed by atoms with Crippen molar-refractivity contribution in [2.75, 3.05) is 13.2 Å². The van der Waals surface area contributed by atoms with Gasteiger partial charge in [-0.25, -0.2) is 0 Å². The Morgan fingerprint density at radius 2 is 0.825 bits per heavy atom. The summed E-state index contributed by atoms with van der Waals surface area (Å²) in [5, 5.41) is 0. The van der Waals surface area contributed by atoms with E-state index in [1.54, 1.807) is 6.08 Å². The van der Waals surface area contributed by atoms with Gasteiger partial charge in [0.2, 0.25) is 0 Å². The largest absolute Gasteiger partial charge is 0.462 e. The average molecular weight is 787 g/mol. The molecule has 0 aliphatic rings. The fourth-order valence-electron chi connectivity index (χ4n) is 5.33. The monoisotopic (exact) mass is 787 g/mol. The lowest BCUT2D eigenvalue weighted by molar-refractivity contribution is -0.166. The topological polar surface area (TPSA) is 78.9 Å². The molecule has 0 amide bonds. The van der Waals surface area contributed by atoms with Crippen molar-refractivity contribution in [3.63, 3.8) is 0 Å². The van der Waals surface area contributed by atoms with Crippen molar-refractivity contribution in [3.8, 4) is 0 Å². The van der Waals surface area contributed by atoms with Gasteiger partial charge in [-0.05, 0) is 77.0 Å². The normalized spacial score (nSPS) is 13.2. The average Bonchev–Trinajstić information content (AvgIpc) is 3.21. The summed E-state index contributed by atoms with van der Waals surface area (Å²) in [6.45, 7) is 6.15. The molecular weight excluding hydrogens is 709 g/mol. The summed E-state index contributed by atoms with van der Waals surface area (Å²) in [5.41, 5.74) is 0. The number of rotatable bonds is 37. The molecule has 0 radical (unpaired) electrons. The molecule has 57 heavy (non-hydrogen) atoms. The lowest BCUT2D eigenvalue weighted by atomic mass is 10.1. The third-order valence-corrected chi connectivity index (χ3v) is 8.57. The molecule has 0 saturated carbocycles. The molecule has 0 spiro atoms. The van der Waals surface area contributed by atoms with Gasteiger partial charge in [-0.3, -0.25) is 14.4 Å². The van der Waals surface area contributed by atoms with Gasteiger partial charge in [0, 0.05) is 12.8 Å². The zero-order chi connectivity index (χ0) is 41.5. The number of carbonyl (C=O) groups excluding carboxylic acids is 3. The summed E-state index contributed by atoms with van der Waals surface area (Å²) in [6, 6.07) is 0. The van der Waals surface area contributed by atoms with Gasteiger partial charge in [0.25, 0.3) is 0 Å². The van der Waals surface area contributed by atoms with E-state index in [9.17, 15) is 14.4 Å². The molecule has 0 rings (SSSR count). The molecule has 0 aromatic carbocycles. The smallest absolute Gasteiger partial charge is 0.309 e. The number of carbonyl (C=O) groups is 3. The molecule has 0 aliphatic heterocycles. The van der Waals surface area contributed by atoms with Crippen LogP contribution in [-0.4, -0.2) is 37.2 Å². The summed E-state index contributed by atoms with van der Waals surface area (Å²) < 4.78 is 16.5. The summed E-state index contributed by atoms with van der Waals surface area (Å²) >= 11 is 0. The minimum Gasteiger partial charge on any atom is -0.462 e. The van der Waals surface area contributed by atoms with E-state index in [0.717, 1.165) is 116 Å². The third-order valence-electron chi connectivity index (χ3n) is 8.57. The molecule has 0 fully saturated rings. The van der Waals surface area contributed by atoms with Crippen molar-refractivity contribution in [2.45, 2.75) is 168 Å². The molecule has 1 unspecified atom stereocenters. The highest BCUT2D eigenvalue weighted by molar-refractivity contribution is 5.72. The van der Waals surface area contributed by atoms with Crippen molar-refractivity contribution >= 4 is 17.9 Å². The van der Waals surface area contributed by atoms with Gasteiger partial charge in [0.1, 0.15) is 13.2 Å². The number of hydrogen-bond acceptors (Lipinski definition) is 6. The molecule has 0 aliphatic carbocycles. The minimum absolute atomic E-state index is 0.121. The van der Waals surface area contributed by atoms with E-state index in [0.29, 0.717) is 6.42 Å². The highest BCUT2D eigenvalue weighted by atomic mass is 16.6. The first-order chi connectivity index (χ1) is 28.0. The Kier molecular flexibility index (Phi) is 41.3. The summed E-state index contributed by atoms with van der Waals surface area (Å²) in [4.78, 5) is 37.6. The van der Waals surface area contributed by atoms with Crippen LogP contribution >= 0.6 is 0 Å². The lowest BCUT2D eigenvalue weighted by Crippen LogP contribution is -2.30. The second kappa shape index (κ2) is 44.5. The number of allylic oxidation sites excluding steroid dienone is 19. The van der Waals surface area contributed by atoms with Crippen LogP contribution in [0.4, 0.5) is 0 Å². The van der Waals surface area contributed by atoms with Crippen LogP contribution in [0.2, 0.25) is 0 Å². The van der Waals surface area contributed by atoms with E-state index in [1.165, 1.54) is 6.42 Å². The van der Waals surface area contributed by atoms with E-state index in [-0.39, 0.29) is 38.0 Å². The Morgan fingerprint density at radius 1 is 0.404 bits per heavy atom. The number of ether oxygens (including phenoxy) is 3. The van der Waals surface area contributed by atoms with Crippen molar-refractivity contribution < 1.29 is 28.6 Å². The maximum absolute atomic E-state index is 12.7. The van der Waals surface area contributed by atoms with Crippen LogP contribution in [0.3, 0.4) is 0 Å². The SMILES string of the molecule is CC/C=C\C/C=C\C/C=C\CC(=O)OCC(COC(=O)CCCCCCC\C=C/C=C\C=C/C=C\C=C/CCC)OC(=O)CCCCCCC/C=C\C/C=C\CC. The van der Waals surface area contributed by atoms with Gasteiger partial charge in [-0.1, -0.05) is 187 Å². The Hall–Kier alpha value is -4.19. The Balaban J connectivity index is 4.51. The van der Waals surface area contributed by atoms with Crippen molar-refractivity contribution in [3.05, 3.63) is 122 Å². The molecule has 0 heterocycles. The quantitative estimate of drug-likeness (QED) is 0.0205. The van der Waals surface area contributed by atoms with Crippen LogP contribution in [0.5, 0.6) is 0 Å². The highest BCUT2D eigenvalue weighted by Gasteiger charge is 2.19. The van der Waals surface area contributed by atoms with Crippen molar-refractivity contribution in [1.82, 2.24) is 0 Å². The molecule has 0 aromatic rings. The second-order valence-corrected chi connectivity index (χ2v) is 14.0. The van der Waals surface area contributed by atoms with Gasteiger partial charge < -0.3 is 14.2 Å². The summed E-state index contributed by atoms with van der Waals surface area (Å²) in [6.07, 6.45) is 60.7. The van der Waals surface area contributed by atoms with Crippen molar-refractivity contribution in [2.24, 2.45) is 0 Å². The van der Waals surface area contributed by atoms with Crippen LogP contribution in [-0.2, 0) is 28.6 Å². The van der Waals surface area contributed by atoms with E-state index in [1.807, 2.05) is 42.5 Å². The predicted octanol–water partition coefficient (Wildman–Crippen LogP) is 14.2. The minimum atomic E-state index is -0.832. The summed E-state index contributed by atoms with van der Waals surface area (Å²) in [7, 11) is 0. The first-order valence-corrected chi connectivity index (χ1v) is 22.1. The van der Waals surface area contributed by atoms with Gasteiger partial charge in [0.15, 0.2) is 6.10 Å². The Morgan fingerprint density at radius 3 is 1.39 bits per heavy atom. The number of hydrogen-bond donors (Lipinski definition) is 0. The van der Waals surface area contributed by atoms with Crippen molar-refractivity contribution in [1.29, 1.82) is 0 Å². The molecule has 318 valence electrons. The zero-order valence-corrected chi connectivity index (χ0v) is 36.0. The maximum atomic E-state index is 12.7. The lowest BCUT2D eigenvalue weighted by Gasteiger charge is -2.18. The molecule has 0 saturated heterocycles. The number of unbranched alkanes of at least 4 members (excludes halogenated alkanes) is 11. The van der Waals surface area contributed by atoms with Gasteiger partial charge in [0.05, 0.1) is 6.42 Å². The third kappa shape index (κ3) is 42.8. The van der Waals surface area contributed by atoms with E-state index in [4.69, 9.17) is 14.2 Å². The molecule has 0 aromatic heterocycles. The molecule has 0 bridgehead atoms. The number of esters is 3. The van der Waals surface area contributed by atoms with Crippen LogP contribution in [0.1, 0.15) is 162 Å². The van der Waals surface area contributed by atoms with E-state index < -0.39 is 12.1 Å². The fraction of sp³-hybridized carbons (Fsp3) is 0.549. The van der Waals surface area contributed by atoms with Crippen LogP contribution in [0.25, 0.3) is 0 Å². The van der Waals surface area contributed by atoms with Crippen LogP contribution in [0, 0.1) is 0 Å². The predicted molar refractivity (Wildman–Crippen MR) is 242 cm³/mol. The first kappa shape index (κ1) is 52.8. The van der Waals surface area contributed by atoms with Gasteiger partial charge in [-0.15, -0.1) is 0 Å². The van der Waals surface area contributed by atoms with Gasteiger partial charge in [-0.2, -0.15) is 0 Å². The van der Waals surface area contributed by atoms with E-state index >= 15 is 0 Å². The molecule has 1 atom stereocenters. The van der Waals surface area contributed by atoms with Crippen LogP contribution < -0.4 is 0 Å². The highest BCUT2D eigenvalue weighted by Crippen LogP contribution is 2.12. The Labute approximate surface area is 348 Å². The molecular formula is C51H78O6. The summed E-state index contributed by atoms with van der Waals surface area (Å²) in [5.74, 6) is -1.11. The zero-order valence-electron chi connectivity index (χ0n) is 36.0. The maximum Gasteiger partial charge on any atom is 0.309 e. The Bertz CT molecular complexity index is 1270. The van der Waals surface area contributed by atoms with Crippen LogP contribution in [0.15, 0.2) is 122 Å².